The molecule has 0 saturated heterocycles. The molecule has 8 heteroatoms. The molecule has 3 rings (SSSR count). The van der Waals surface area contributed by atoms with Gasteiger partial charge in [-0.1, -0.05) is 34.1 Å². The Morgan fingerprint density at radius 3 is 2.23 bits per heavy atom. The predicted octanol–water partition coefficient (Wildman–Crippen LogP) is 5.59. The van der Waals surface area contributed by atoms with Crippen molar-refractivity contribution in [1.82, 2.24) is 4.68 Å². The Bertz CT molecular complexity index is 1140. The molecular weight excluding hydrogens is 478 g/mol. The molecular formula is C23H26BrN3O3S. The van der Waals surface area contributed by atoms with E-state index in [2.05, 4.69) is 15.9 Å². The van der Waals surface area contributed by atoms with Crippen LogP contribution in [0.5, 0.6) is 17.2 Å². The number of halogens is 1. The van der Waals surface area contributed by atoms with Crippen LogP contribution in [0.3, 0.4) is 0 Å². The van der Waals surface area contributed by atoms with Crippen molar-refractivity contribution < 1.29 is 14.2 Å². The van der Waals surface area contributed by atoms with Gasteiger partial charge in [-0.05, 0) is 39.0 Å². The van der Waals surface area contributed by atoms with Crippen LogP contribution in [-0.4, -0.2) is 37.8 Å². The van der Waals surface area contributed by atoms with Crippen LogP contribution in [0.25, 0.3) is 11.3 Å². The van der Waals surface area contributed by atoms with Crippen molar-refractivity contribution in [3.8, 4) is 28.5 Å². The largest absolute Gasteiger partial charge is 0.493 e. The zero-order valence-electron chi connectivity index (χ0n) is 18.5. The minimum Gasteiger partial charge on any atom is -0.493 e. The van der Waals surface area contributed by atoms with E-state index in [1.165, 1.54) is 0 Å². The third kappa shape index (κ3) is 5.02. The molecule has 0 radical (unpaired) electrons. The van der Waals surface area contributed by atoms with Crippen molar-refractivity contribution in [3.05, 3.63) is 56.6 Å². The predicted molar refractivity (Wildman–Crippen MR) is 130 cm³/mol. The highest BCUT2D eigenvalue weighted by Gasteiger charge is 2.17. The lowest BCUT2D eigenvalue weighted by Crippen LogP contribution is -2.16. The SMILES string of the molecule is COc1cc(-c2csc(=NC(C)C)n2N=C(C)c2ccccc2Br)cc(OC)c1OC. The number of benzene rings is 2. The summed E-state index contributed by atoms with van der Waals surface area (Å²) in [6.07, 6.45) is 0. The molecule has 6 nitrogen and oxygen atoms in total. The van der Waals surface area contributed by atoms with E-state index < -0.39 is 0 Å². The normalized spacial score (nSPS) is 12.4. The number of hydrogen-bond acceptors (Lipinski definition) is 6. The van der Waals surface area contributed by atoms with E-state index >= 15 is 0 Å². The van der Waals surface area contributed by atoms with Crippen LogP contribution in [0.15, 0.2) is 56.3 Å². The van der Waals surface area contributed by atoms with E-state index in [0.29, 0.717) is 17.2 Å². The van der Waals surface area contributed by atoms with Crippen molar-refractivity contribution >= 4 is 33.0 Å². The van der Waals surface area contributed by atoms with Crippen LogP contribution < -0.4 is 19.0 Å². The molecule has 0 unspecified atom stereocenters. The Labute approximate surface area is 195 Å². The van der Waals surface area contributed by atoms with Crippen LogP contribution >= 0.6 is 27.3 Å². The molecule has 0 aliphatic rings. The second kappa shape index (κ2) is 10.2. The van der Waals surface area contributed by atoms with Gasteiger partial charge in [-0.25, -0.2) is 4.68 Å². The first-order valence-electron chi connectivity index (χ1n) is 9.74. The number of methoxy groups -OCH3 is 3. The maximum absolute atomic E-state index is 5.54. The molecule has 0 amide bonds. The molecule has 0 bridgehead atoms. The minimum absolute atomic E-state index is 0.136. The molecule has 0 fully saturated rings. The number of hydrogen-bond donors (Lipinski definition) is 0. The van der Waals surface area contributed by atoms with E-state index in [-0.39, 0.29) is 6.04 Å². The average Bonchev–Trinajstić information content (AvgIpc) is 3.14. The Hall–Kier alpha value is -2.58. The summed E-state index contributed by atoms with van der Waals surface area (Å²) in [5.74, 6) is 1.72. The summed E-state index contributed by atoms with van der Waals surface area (Å²) in [6.45, 7) is 6.09. The second-order valence-electron chi connectivity index (χ2n) is 7.02. The van der Waals surface area contributed by atoms with E-state index in [1.54, 1.807) is 32.7 Å². The Morgan fingerprint density at radius 2 is 1.68 bits per heavy atom. The van der Waals surface area contributed by atoms with E-state index in [1.807, 2.05) is 67.2 Å². The van der Waals surface area contributed by atoms with Crippen molar-refractivity contribution in [2.45, 2.75) is 26.8 Å². The number of thiazole rings is 1. The number of nitrogens with zero attached hydrogens (tertiary/aromatic N) is 3. The highest BCUT2D eigenvalue weighted by molar-refractivity contribution is 9.10. The summed E-state index contributed by atoms with van der Waals surface area (Å²) in [7, 11) is 4.81. The molecule has 3 aromatic rings. The highest BCUT2D eigenvalue weighted by Crippen LogP contribution is 2.41. The van der Waals surface area contributed by atoms with Crippen molar-refractivity contribution in [3.63, 3.8) is 0 Å². The molecule has 0 atom stereocenters. The van der Waals surface area contributed by atoms with Gasteiger partial charge in [0.05, 0.1) is 32.7 Å². The van der Waals surface area contributed by atoms with Gasteiger partial charge < -0.3 is 14.2 Å². The molecule has 1 heterocycles. The van der Waals surface area contributed by atoms with Crippen LogP contribution in [-0.2, 0) is 0 Å². The third-order valence-electron chi connectivity index (χ3n) is 4.53. The monoisotopic (exact) mass is 503 g/mol. The van der Waals surface area contributed by atoms with Gasteiger partial charge in [-0.2, -0.15) is 5.10 Å². The maximum atomic E-state index is 5.54. The zero-order chi connectivity index (χ0) is 22.5. The van der Waals surface area contributed by atoms with Crippen LogP contribution in [0, 0.1) is 0 Å². The van der Waals surface area contributed by atoms with Gasteiger partial charge in [0.15, 0.2) is 11.5 Å². The second-order valence-corrected chi connectivity index (χ2v) is 8.71. The van der Waals surface area contributed by atoms with Gasteiger partial charge in [0, 0.05) is 27.0 Å². The molecule has 31 heavy (non-hydrogen) atoms. The quantitative estimate of drug-likeness (QED) is 0.395. The number of rotatable bonds is 7. The summed E-state index contributed by atoms with van der Waals surface area (Å²) in [5.41, 5.74) is 3.66. The van der Waals surface area contributed by atoms with E-state index in [0.717, 1.165) is 31.8 Å². The maximum Gasteiger partial charge on any atom is 0.206 e. The first kappa shape index (κ1) is 23.1. The summed E-state index contributed by atoms with van der Waals surface area (Å²) < 4.78 is 19.4. The van der Waals surface area contributed by atoms with Gasteiger partial charge >= 0.3 is 0 Å². The standard InChI is InChI=1S/C23H26BrN3O3S/c1-14(2)25-23-27(26-15(3)17-9-7-8-10-18(17)24)19(13-31-23)16-11-20(28-4)22(30-6)21(12-16)29-5/h7-14H,1-6H3. The van der Waals surface area contributed by atoms with E-state index in [4.69, 9.17) is 24.3 Å². The zero-order valence-corrected chi connectivity index (χ0v) is 20.9. The van der Waals surface area contributed by atoms with Crippen molar-refractivity contribution in [2.24, 2.45) is 10.1 Å². The molecule has 2 aromatic carbocycles. The Kier molecular flexibility index (Phi) is 7.56. The Morgan fingerprint density at radius 1 is 1.03 bits per heavy atom. The average molecular weight is 504 g/mol. The fraction of sp³-hybridized carbons (Fsp3) is 0.304. The van der Waals surface area contributed by atoms with Crippen LogP contribution in [0.2, 0.25) is 0 Å². The van der Waals surface area contributed by atoms with Gasteiger partial charge in [0.2, 0.25) is 10.6 Å². The minimum atomic E-state index is 0.136. The fourth-order valence-corrected chi connectivity index (χ4v) is 4.63. The van der Waals surface area contributed by atoms with Gasteiger partial charge in [-0.15, -0.1) is 11.3 Å². The molecule has 164 valence electrons. The highest BCUT2D eigenvalue weighted by atomic mass is 79.9. The van der Waals surface area contributed by atoms with E-state index in [9.17, 15) is 0 Å². The fourth-order valence-electron chi connectivity index (χ4n) is 3.09. The summed E-state index contributed by atoms with van der Waals surface area (Å²) in [4.78, 5) is 5.58. The topological polar surface area (TPSA) is 57.3 Å². The first-order chi connectivity index (χ1) is 14.9. The molecule has 0 aliphatic heterocycles. The third-order valence-corrected chi connectivity index (χ3v) is 6.05. The summed E-state index contributed by atoms with van der Waals surface area (Å²) in [6, 6.07) is 12.0. The molecule has 0 N–H and O–H groups in total. The van der Waals surface area contributed by atoms with Crippen molar-refractivity contribution in [1.29, 1.82) is 0 Å². The van der Waals surface area contributed by atoms with Crippen LogP contribution in [0.1, 0.15) is 26.3 Å². The van der Waals surface area contributed by atoms with Gasteiger partial charge in [-0.3, -0.25) is 4.99 Å². The molecule has 0 aliphatic carbocycles. The number of aromatic nitrogens is 1. The summed E-state index contributed by atoms with van der Waals surface area (Å²) in [5, 5.41) is 6.98. The molecule has 1 aromatic heterocycles. The van der Waals surface area contributed by atoms with Gasteiger partial charge in [0.25, 0.3) is 0 Å². The first-order valence-corrected chi connectivity index (χ1v) is 11.4. The molecule has 0 saturated carbocycles. The lowest BCUT2D eigenvalue weighted by molar-refractivity contribution is 0.324. The smallest absolute Gasteiger partial charge is 0.206 e. The Balaban J connectivity index is 2.25. The summed E-state index contributed by atoms with van der Waals surface area (Å²) >= 11 is 5.16. The molecule has 0 spiro atoms. The van der Waals surface area contributed by atoms with Crippen LogP contribution in [0.4, 0.5) is 0 Å². The van der Waals surface area contributed by atoms with Gasteiger partial charge in [0.1, 0.15) is 0 Å². The van der Waals surface area contributed by atoms with Crippen molar-refractivity contribution in [2.75, 3.05) is 21.3 Å². The number of ether oxygens (including phenoxy) is 3. The lowest BCUT2D eigenvalue weighted by atomic mass is 10.1. The lowest BCUT2D eigenvalue weighted by Gasteiger charge is -2.14.